The number of morpholine rings is 1. The monoisotopic (exact) mass is 223 g/mol. The van der Waals surface area contributed by atoms with Gasteiger partial charge in [-0.2, -0.15) is 0 Å². The molecule has 3 rings (SSSR count). The van der Waals surface area contributed by atoms with Gasteiger partial charge in [-0.3, -0.25) is 4.90 Å². The largest absolute Gasteiger partial charge is 0.424 e. The number of aryl methyl sites for hydroxylation is 1. The van der Waals surface area contributed by atoms with Gasteiger partial charge >= 0.3 is 0 Å². The molecule has 0 radical (unpaired) electrons. The van der Waals surface area contributed by atoms with E-state index >= 15 is 0 Å². The van der Waals surface area contributed by atoms with E-state index in [1.165, 1.54) is 12.8 Å². The summed E-state index contributed by atoms with van der Waals surface area (Å²) in [5.41, 5.74) is 0. The van der Waals surface area contributed by atoms with E-state index in [-0.39, 0.29) is 0 Å². The zero-order valence-corrected chi connectivity index (χ0v) is 9.56. The van der Waals surface area contributed by atoms with E-state index in [1.807, 2.05) is 6.92 Å². The summed E-state index contributed by atoms with van der Waals surface area (Å²) in [5.74, 6) is 2.19. The first-order valence-corrected chi connectivity index (χ1v) is 5.94. The van der Waals surface area contributed by atoms with Gasteiger partial charge in [0.05, 0.1) is 19.8 Å². The first kappa shape index (κ1) is 10.2. The Hall–Kier alpha value is -0.940. The van der Waals surface area contributed by atoms with Gasteiger partial charge in [0.25, 0.3) is 0 Å². The highest BCUT2D eigenvalue weighted by atomic mass is 16.5. The highest BCUT2D eigenvalue weighted by Gasteiger charge is 2.37. The molecule has 1 unspecified atom stereocenters. The summed E-state index contributed by atoms with van der Waals surface area (Å²) in [6.07, 6.45) is 2.68. The Bertz CT molecular complexity index is 362. The van der Waals surface area contributed by atoms with Crippen molar-refractivity contribution in [3.8, 4) is 0 Å². The summed E-state index contributed by atoms with van der Waals surface area (Å²) < 4.78 is 11.0. The van der Waals surface area contributed by atoms with E-state index in [0.29, 0.717) is 11.9 Å². The predicted molar refractivity (Wildman–Crippen MR) is 56.8 cm³/mol. The highest BCUT2D eigenvalue weighted by molar-refractivity contribution is 4.91. The maximum atomic E-state index is 5.55. The fourth-order valence-electron chi connectivity index (χ4n) is 2.34. The van der Waals surface area contributed by atoms with Crippen LogP contribution in [0.5, 0.6) is 0 Å². The summed E-state index contributed by atoms with van der Waals surface area (Å²) >= 11 is 0. The molecule has 0 spiro atoms. The Morgan fingerprint density at radius 3 is 2.94 bits per heavy atom. The van der Waals surface area contributed by atoms with Crippen molar-refractivity contribution < 1.29 is 9.15 Å². The maximum absolute atomic E-state index is 5.55. The molecular weight excluding hydrogens is 206 g/mol. The Morgan fingerprint density at radius 1 is 1.38 bits per heavy atom. The second-order valence-electron chi connectivity index (χ2n) is 4.66. The van der Waals surface area contributed by atoms with Gasteiger partial charge in [-0.15, -0.1) is 10.2 Å². The van der Waals surface area contributed by atoms with Crippen molar-refractivity contribution in [1.29, 1.82) is 0 Å². The number of nitrogens with zero attached hydrogens (tertiary/aromatic N) is 3. The van der Waals surface area contributed by atoms with Crippen molar-refractivity contribution in [1.82, 2.24) is 15.1 Å². The number of rotatable bonds is 3. The van der Waals surface area contributed by atoms with Crippen LogP contribution >= 0.6 is 0 Å². The lowest BCUT2D eigenvalue weighted by Gasteiger charge is -2.34. The molecule has 88 valence electrons. The van der Waals surface area contributed by atoms with Crippen LogP contribution in [-0.2, 0) is 11.3 Å². The molecule has 2 fully saturated rings. The number of hydrogen-bond acceptors (Lipinski definition) is 5. The Labute approximate surface area is 94.8 Å². The quantitative estimate of drug-likeness (QED) is 0.764. The summed E-state index contributed by atoms with van der Waals surface area (Å²) in [6.45, 7) is 5.25. The molecule has 1 saturated heterocycles. The van der Waals surface area contributed by atoms with Crippen molar-refractivity contribution in [2.75, 3.05) is 19.8 Å². The Morgan fingerprint density at radius 2 is 2.25 bits per heavy atom. The molecule has 1 atom stereocenters. The molecule has 16 heavy (non-hydrogen) atoms. The fourth-order valence-corrected chi connectivity index (χ4v) is 2.34. The molecule has 2 heterocycles. The molecule has 1 aliphatic carbocycles. The second-order valence-corrected chi connectivity index (χ2v) is 4.66. The third-order valence-corrected chi connectivity index (χ3v) is 3.35. The lowest BCUT2D eigenvalue weighted by atomic mass is 10.1. The second kappa shape index (κ2) is 4.14. The number of aromatic nitrogens is 2. The lowest BCUT2D eigenvalue weighted by molar-refractivity contribution is -0.0231. The first-order valence-electron chi connectivity index (χ1n) is 5.94. The summed E-state index contributed by atoms with van der Waals surface area (Å²) in [7, 11) is 0. The van der Waals surface area contributed by atoms with Crippen molar-refractivity contribution in [3.63, 3.8) is 0 Å². The zero-order chi connectivity index (χ0) is 11.0. The van der Waals surface area contributed by atoms with Gasteiger partial charge < -0.3 is 9.15 Å². The number of hydrogen-bond donors (Lipinski definition) is 0. The van der Waals surface area contributed by atoms with Gasteiger partial charge in [0.15, 0.2) is 0 Å². The van der Waals surface area contributed by atoms with Crippen LogP contribution in [-0.4, -0.2) is 40.9 Å². The topological polar surface area (TPSA) is 51.4 Å². The minimum Gasteiger partial charge on any atom is -0.424 e. The molecule has 0 N–H and O–H groups in total. The normalized spacial score (nSPS) is 27.2. The molecule has 1 aromatic rings. The molecule has 1 saturated carbocycles. The molecule has 0 aromatic carbocycles. The molecule has 5 heteroatoms. The van der Waals surface area contributed by atoms with Gasteiger partial charge in [0, 0.05) is 19.5 Å². The molecule has 0 amide bonds. The fraction of sp³-hybridized carbons (Fsp3) is 0.818. The standard InChI is InChI=1S/C11H17N3O2/c1-8-12-13-11(16-8)6-14-4-5-15-7-10(14)9-2-3-9/h9-10H,2-7H2,1H3. The molecule has 2 aliphatic rings. The van der Waals surface area contributed by atoms with Crippen LogP contribution in [0.4, 0.5) is 0 Å². The van der Waals surface area contributed by atoms with E-state index < -0.39 is 0 Å². The van der Waals surface area contributed by atoms with Gasteiger partial charge in [0.2, 0.25) is 11.8 Å². The van der Waals surface area contributed by atoms with Crippen LogP contribution in [0.25, 0.3) is 0 Å². The third kappa shape index (κ3) is 2.10. The lowest BCUT2D eigenvalue weighted by Crippen LogP contribution is -2.46. The SMILES string of the molecule is Cc1nnc(CN2CCOCC2C2CC2)o1. The Balaban J connectivity index is 1.67. The van der Waals surface area contributed by atoms with E-state index in [1.54, 1.807) is 0 Å². The van der Waals surface area contributed by atoms with Crippen LogP contribution < -0.4 is 0 Å². The van der Waals surface area contributed by atoms with Crippen LogP contribution in [0, 0.1) is 12.8 Å². The van der Waals surface area contributed by atoms with Crippen LogP contribution in [0.1, 0.15) is 24.6 Å². The average molecular weight is 223 g/mol. The maximum Gasteiger partial charge on any atom is 0.230 e. The van der Waals surface area contributed by atoms with Crippen molar-refractivity contribution in [2.24, 2.45) is 5.92 Å². The van der Waals surface area contributed by atoms with Crippen molar-refractivity contribution >= 4 is 0 Å². The first-order chi connectivity index (χ1) is 7.83. The van der Waals surface area contributed by atoms with E-state index in [4.69, 9.17) is 9.15 Å². The average Bonchev–Trinajstić information content (AvgIpc) is 3.04. The van der Waals surface area contributed by atoms with E-state index in [2.05, 4.69) is 15.1 Å². The molecular formula is C11H17N3O2. The van der Waals surface area contributed by atoms with Crippen LogP contribution in [0.15, 0.2) is 4.42 Å². The molecule has 5 nitrogen and oxygen atoms in total. The van der Waals surface area contributed by atoms with Gasteiger partial charge in [-0.1, -0.05) is 0 Å². The Kier molecular flexibility index (Phi) is 2.65. The molecule has 1 aliphatic heterocycles. The molecule has 0 bridgehead atoms. The van der Waals surface area contributed by atoms with Crippen molar-refractivity contribution in [3.05, 3.63) is 11.8 Å². The van der Waals surface area contributed by atoms with E-state index in [0.717, 1.165) is 38.1 Å². The minimum atomic E-state index is 0.556. The van der Waals surface area contributed by atoms with E-state index in [9.17, 15) is 0 Å². The summed E-state index contributed by atoms with van der Waals surface area (Å²) in [6, 6.07) is 0.556. The smallest absolute Gasteiger partial charge is 0.230 e. The third-order valence-electron chi connectivity index (χ3n) is 3.35. The van der Waals surface area contributed by atoms with Gasteiger partial charge in [0.1, 0.15) is 0 Å². The number of ether oxygens (including phenoxy) is 1. The zero-order valence-electron chi connectivity index (χ0n) is 9.56. The minimum absolute atomic E-state index is 0.556. The highest BCUT2D eigenvalue weighted by Crippen LogP contribution is 2.36. The van der Waals surface area contributed by atoms with Gasteiger partial charge in [-0.05, 0) is 18.8 Å². The van der Waals surface area contributed by atoms with Crippen LogP contribution in [0.2, 0.25) is 0 Å². The summed E-state index contributed by atoms with van der Waals surface area (Å²) in [4.78, 5) is 2.42. The van der Waals surface area contributed by atoms with Gasteiger partial charge in [-0.25, -0.2) is 0 Å². The van der Waals surface area contributed by atoms with Crippen molar-refractivity contribution in [2.45, 2.75) is 32.4 Å². The predicted octanol–water partition coefficient (Wildman–Crippen LogP) is 0.989. The molecule has 1 aromatic heterocycles. The van der Waals surface area contributed by atoms with Crippen LogP contribution in [0.3, 0.4) is 0 Å². The summed E-state index contributed by atoms with van der Waals surface area (Å²) in [5, 5.41) is 7.92.